The molecule has 6 heteroatoms. The number of ether oxygens (including phenoxy) is 2. The van der Waals surface area contributed by atoms with Crippen molar-refractivity contribution >= 4 is 5.69 Å². The van der Waals surface area contributed by atoms with Crippen molar-refractivity contribution in [2.45, 2.75) is 6.36 Å². The number of rotatable bonds is 3. The summed E-state index contributed by atoms with van der Waals surface area (Å²) in [5, 5.41) is 0. The molecular formula is C13H10F3NO2. The molecule has 0 atom stereocenters. The molecule has 0 saturated heterocycles. The van der Waals surface area contributed by atoms with Crippen LogP contribution in [-0.4, -0.2) is 6.36 Å². The fourth-order valence-corrected chi connectivity index (χ4v) is 1.41. The summed E-state index contributed by atoms with van der Waals surface area (Å²) in [4.78, 5) is 0. The number of alkyl halides is 3. The van der Waals surface area contributed by atoms with Gasteiger partial charge in [-0.3, -0.25) is 0 Å². The third kappa shape index (κ3) is 4.09. The Labute approximate surface area is 107 Å². The van der Waals surface area contributed by atoms with Crippen LogP contribution in [0.2, 0.25) is 0 Å². The quantitative estimate of drug-likeness (QED) is 0.858. The molecular weight excluding hydrogens is 259 g/mol. The van der Waals surface area contributed by atoms with Crippen LogP contribution in [-0.2, 0) is 0 Å². The van der Waals surface area contributed by atoms with Crippen molar-refractivity contribution < 1.29 is 22.6 Å². The average molecular weight is 269 g/mol. The van der Waals surface area contributed by atoms with Gasteiger partial charge in [0.05, 0.1) is 0 Å². The zero-order valence-electron chi connectivity index (χ0n) is 9.65. The molecule has 0 aliphatic rings. The smallest absolute Gasteiger partial charge is 0.457 e. The molecule has 0 bridgehead atoms. The van der Waals surface area contributed by atoms with Crippen molar-refractivity contribution in [1.29, 1.82) is 0 Å². The number of nitrogens with two attached hydrogens (primary N) is 1. The molecule has 0 aromatic heterocycles. The molecule has 2 aromatic rings. The predicted octanol–water partition coefficient (Wildman–Crippen LogP) is 3.96. The lowest BCUT2D eigenvalue weighted by molar-refractivity contribution is -0.274. The van der Waals surface area contributed by atoms with E-state index in [9.17, 15) is 13.2 Å². The van der Waals surface area contributed by atoms with Gasteiger partial charge in [-0.25, -0.2) is 0 Å². The molecule has 0 fully saturated rings. The van der Waals surface area contributed by atoms with Crippen LogP contribution in [0, 0.1) is 0 Å². The molecule has 0 aliphatic heterocycles. The van der Waals surface area contributed by atoms with Gasteiger partial charge in [-0.15, -0.1) is 13.2 Å². The van der Waals surface area contributed by atoms with Crippen molar-refractivity contribution in [3.05, 3.63) is 48.5 Å². The molecule has 0 unspecified atom stereocenters. The first-order valence-electron chi connectivity index (χ1n) is 5.31. The SMILES string of the molecule is Nc1ccc(Oc2cccc(OC(F)(F)F)c2)cc1. The molecule has 2 rings (SSSR count). The maximum absolute atomic E-state index is 12.1. The maximum Gasteiger partial charge on any atom is 0.573 e. The van der Waals surface area contributed by atoms with E-state index in [0.29, 0.717) is 11.4 Å². The molecule has 3 nitrogen and oxygen atoms in total. The third-order valence-corrected chi connectivity index (χ3v) is 2.15. The van der Waals surface area contributed by atoms with Gasteiger partial charge in [0.25, 0.3) is 0 Å². The molecule has 0 amide bonds. The molecule has 0 heterocycles. The molecule has 0 aliphatic carbocycles. The topological polar surface area (TPSA) is 44.5 Å². The van der Waals surface area contributed by atoms with E-state index in [1.807, 2.05) is 0 Å². The van der Waals surface area contributed by atoms with Gasteiger partial charge in [0.15, 0.2) is 0 Å². The number of nitrogen functional groups attached to an aromatic ring is 1. The van der Waals surface area contributed by atoms with Crippen molar-refractivity contribution in [2.75, 3.05) is 5.73 Å². The normalized spacial score (nSPS) is 11.1. The Morgan fingerprint density at radius 3 is 2.11 bits per heavy atom. The Morgan fingerprint density at radius 1 is 0.842 bits per heavy atom. The van der Waals surface area contributed by atoms with E-state index < -0.39 is 6.36 Å². The monoisotopic (exact) mass is 269 g/mol. The van der Waals surface area contributed by atoms with Crippen molar-refractivity contribution in [3.63, 3.8) is 0 Å². The van der Waals surface area contributed by atoms with Crippen LogP contribution < -0.4 is 15.2 Å². The number of hydrogen-bond donors (Lipinski definition) is 1. The number of hydrogen-bond acceptors (Lipinski definition) is 3. The Morgan fingerprint density at radius 2 is 1.47 bits per heavy atom. The van der Waals surface area contributed by atoms with Crippen molar-refractivity contribution in [3.8, 4) is 17.2 Å². The molecule has 0 spiro atoms. The first-order chi connectivity index (χ1) is 8.92. The molecule has 0 saturated carbocycles. The van der Waals surface area contributed by atoms with Gasteiger partial charge in [0, 0.05) is 11.8 Å². The lowest BCUT2D eigenvalue weighted by Crippen LogP contribution is -2.16. The van der Waals surface area contributed by atoms with E-state index in [-0.39, 0.29) is 11.5 Å². The van der Waals surface area contributed by atoms with Crippen LogP contribution in [0.25, 0.3) is 0 Å². The highest BCUT2D eigenvalue weighted by Gasteiger charge is 2.31. The second kappa shape index (κ2) is 5.09. The highest BCUT2D eigenvalue weighted by molar-refractivity contribution is 5.43. The van der Waals surface area contributed by atoms with Gasteiger partial charge in [-0.1, -0.05) is 6.07 Å². The Hall–Kier alpha value is -2.37. The zero-order valence-corrected chi connectivity index (χ0v) is 9.65. The van der Waals surface area contributed by atoms with E-state index in [4.69, 9.17) is 10.5 Å². The Bertz CT molecular complexity index is 553. The van der Waals surface area contributed by atoms with Crippen molar-refractivity contribution in [1.82, 2.24) is 0 Å². The fourth-order valence-electron chi connectivity index (χ4n) is 1.41. The summed E-state index contributed by atoms with van der Waals surface area (Å²) in [6.07, 6.45) is -4.72. The molecule has 2 aromatic carbocycles. The van der Waals surface area contributed by atoms with Crippen LogP contribution in [0.1, 0.15) is 0 Å². The summed E-state index contributed by atoms with van der Waals surface area (Å²) in [7, 11) is 0. The van der Waals surface area contributed by atoms with E-state index in [1.54, 1.807) is 24.3 Å². The fraction of sp³-hybridized carbons (Fsp3) is 0.0769. The molecule has 0 radical (unpaired) electrons. The zero-order chi connectivity index (χ0) is 13.9. The summed E-state index contributed by atoms with van der Waals surface area (Å²) in [6.45, 7) is 0. The van der Waals surface area contributed by atoms with E-state index >= 15 is 0 Å². The standard InChI is InChI=1S/C13H10F3NO2/c14-13(15,16)19-12-3-1-2-11(8-12)18-10-6-4-9(17)5-7-10/h1-8H,17H2. The number of anilines is 1. The van der Waals surface area contributed by atoms with Crippen molar-refractivity contribution in [2.24, 2.45) is 0 Å². The number of halogens is 3. The van der Waals surface area contributed by atoms with Gasteiger partial charge >= 0.3 is 6.36 Å². The predicted molar refractivity (Wildman–Crippen MR) is 64.1 cm³/mol. The Balaban J connectivity index is 2.13. The largest absolute Gasteiger partial charge is 0.573 e. The minimum Gasteiger partial charge on any atom is -0.457 e. The van der Waals surface area contributed by atoms with Crippen LogP contribution in [0.3, 0.4) is 0 Å². The lowest BCUT2D eigenvalue weighted by Gasteiger charge is -2.10. The minimum absolute atomic E-state index is 0.242. The maximum atomic E-state index is 12.1. The average Bonchev–Trinajstić information content (AvgIpc) is 2.30. The lowest BCUT2D eigenvalue weighted by atomic mass is 10.3. The van der Waals surface area contributed by atoms with E-state index in [0.717, 1.165) is 6.07 Å². The van der Waals surface area contributed by atoms with E-state index in [1.165, 1.54) is 18.2 Å². The second-order valence-corrected chi connectivity index (χ2v) is 3.69. The molecule has 2 N–H and O–H groups in total. The van der Waals surface area contributed by atoms with Gasteiger partial charge < -0.3 is 15.2 Å². The van der Waals surface area contributed by atoms with Crippen LogP contribution in [0.15, 0.2) is 48.5 Å². The number of benzene rings is 2. The Kier molecular flexibility index (Phi) is 3.50. The van der Waals surface area contributed by atoms with Gasteiger partial charge in [0.1, 0.15) is 17.2 Å². The second-order valence-electron chi connectivity index (χ2n) is 3.69. The molecule has 19 heavy (non-hydrogen) atoms. The van der Waals surface area contributed by atoms with Crippen LogP contribution >= 0.6 is 0 Å². The van der Waals surface area contributed by atoms with Crippen LogP contribution in [0.4, 0.5) is 18.9 Å². The first kappa shape index (κ1) is 13.1. The van der Waals surface area contributed by atoms with Gasteiger partial charge in [-0.2, -0.15) is 0 Å². The summed E-state index contributed by atoms with van der Waals surface area (Å²) in [6, 6.07) is 11.8. The van der Waals surface area contributed by atoms with Gasteiger partial charge in [0.2, 0.25) is 0 Å². The van der Waals surface area contributed by atoms with E-state index in [2.05, 4.69) is 4.74 Å². The summed E-state index contributed by atoms with van der Waals surface area (Å²) < 4.78 is 45.4. The minimum atomic E-state index is -4.72. The highest BCUT2D eigenvalue weighted by Crippen LogP contribution is 2.28. The van der Waals surface area contributed by atoms with Gasteiger partial charge in [-0.05, 0) is 36.4 Å². The first-order valence-corrected chi connectivity index (χ1v) is 5.31. The highest BCUT2D eigenvalue weighted by atomic mass is 19.4. The summed E-state index contributed by atoms with van der Waals surface area (Å²) >= 11 is 0. The third-order valence-electron chi connectivity index (χ3n) is 2.15. The summed E-state index contributed by atoms with van der Waals surface area (Å²) in [5.74, 6) is 0.380. The van der Waals surface area contributed by atoms with Crippen LogP contribution in [0.5, 0.6) is 17.2 Å². The molecule has 100 valence electrons. The summed E-state index contributed by atoms with van der Waals surface area (Å²) in [5.41, 5.74) is 6.08.